The zero-order valence-corrected chi connectivity index (χ0v) is 15.9. The minimum atomic E-state index is -0.492. The van der Waals surface area contributed by atoms with Crippen molar-refractivity contribution in [3.63, 3.8) is 0 Å². The van der Waals surface area contributed by atoms with Crippen LogP contribution >= 0.6 is 23.2 Å². The van der Waals surface area contributed by atoms with E-state index in [1.165, 1.54) is 13.0 Å². The fourth-order valence-corrected chi connectivity index (χ4v) is 2.42. The molecule has 4 N–H and O–H groups in total. The summed E-state index contributed by atoms with van der Waals surface area (Å²) < 4.78 is 0. The van der Waals surface area contributed by atoms with Crippen LogP contribution in [0.5, 0.6) is 0 Å². The van der Waals surface area contributed by atoms with Crippen LogP contribution in [0.2, 0.25) is 10.0 Å². The van der Waals surface area contributed by atoms with Gasteiger partial charge in [0.15, 0.2) is 0 Å². The van der Waals surface area contributed by atoms with Crippen molar-refractivity contribution in [3.8, 4) is 0 Å². The number of nitrogens with one attached hydrogen (secondary N) is 4. The quantitative estimate of drug-likeness (QED) is 0.589. The van der Waals surface area contributed by atoms with Gasteiger partial charge < -0.3 is 21.3 Å². The fourth-order valence-electron chi connectivity index (χ4n) is 2.12. The van der Waals surface area contributed by atoms with Gasteiger partial charge in [0.1, 0.15) is 0 Å². The Hall–Kier alpha value is -2.77. The van der Waals surface area contributed by atoms with E-state index in [0.717, 1.165) is 5.56 Å². The van der Waals surface area contributed by atoms with Crippen LogP contribution in [0.1, 0.15) is 12.5 Å². The van der Waals surface area contributed by atoms with Crippen LogP contribution in [0.25, 0.3) is 0 Å². The minimum Gasteiger partial charge on any atom is -0.334 e. The summed E-state index contributed by atoms with van der Waals surface area (Å²) in [6.07, 6.45) is 0. The van der Waals surface area contributed by atoms with Gasteiger partial charge in [0.05, 0.1) is 17.9 Å². The number of urea groups is 1. The molecule has 0 spiro atoms. The number of anilines is 2. The molecule has 2 aromatic carbocycles. The highest BCUT2D eigenvalue weighted by molar-refractivity contribution is 6.31. The number of amides is 4. The average Bonchev–Trinajstić information content (AvgIpc) is 2.61. The van der Waals surface area contributed by atoms with E-state index in [2.05, 4.69) is 21.3 Å². The van der Waals surface area contributed by atoms with Crippen molar-refractivity contribution in [2.24, 2.45) is 0 Å². The van der Waals surface area contributed by atoms with E-state index in [-0.39, 0.29) is 12.5 Å². The second-order valence-electron chi connectivity index (χ2n) is 5.58. The van der Waals surface area contributed by atoms with Gasteiger partial charge in [-0.3, -0.25) is 9.59 Å². The highest BCUT2D eigenvalue weighted by atomic mass is 35.5. The Balaban J connectivity index is 1.83. The number of benzene rings is 2. The third-order valence-corrected chi connectivity index (χ3v) is 3.83. The van der Waals surface area contributed by atoms with Crippen molar-refractivity contribution in [1.29, 1.82) is 0 Å². The predicted molar refractivity (Wildman–Crippen MR) is 106 cm³/mol. The van der Waals surface area contributed by atoms with Crippen LogP contribution < -0.4 is 21.3 Å². The number of hydrogen-bond donors (Lipinski definition) is 4. The fraction of sp³-hybridized carbons (Fsp3) is 0.167. The summed E-state index contributed by atoms with van der Waals surface area (Å²) in [4.78, 5) is 35.1. The first-order valence-corrected chi connectivity index (χ1v) is 8.72. The Morgan fingerprint density at radius 2 is 1.52 bits per heavy atom. The van der Waals surface area contributed by atoms with E-state index in [4.69, 9.17) is 23.2 Å². The van der Waals surface area contributed by atoms with Gasteiger partial charge in [-0.25, -0.2) is 4.79 Å². The summed E-state index contributed by atoms with van der Waals surface area (Å²) in [7, 11) is 0. The highest BCUT2D eigenvalue weighted by Gasteiger charge is 2.10. The van der Waals surface area contributed by atoms with Crippen molar-refractivity contribution < 1.29 is 14.4 Å². The molecule has 0 saturated carbocycles. The Kier molecular flexibility index (Phi) is 7.45. The summed E-state index contributed by atoms with van der Waals surface area (Å²) in [5.41, 5.74) is 1.62. The van der Waals surface area contributed by atoms with Gasteiger partial charge in [-0.15, -0.1) is 0 Å². The van der Waals surface area contributed by atoms with Crippen LogP contribution in [0, 0.1) is 0 Å². The third-order valence-electron chi connectivity index (χ3n) is 3.34. The molecule has 2 aromatic rings. The first kappa shape index (κ1) is 20.5. The molecule has 0 atom stereocenters. The SMILES string of the molecule is CC(=O)Nc1ccc(Cl)cc1NC(=O)CNC(=O)NCc1ccc(Cl)cc1. The van der Waals surface area contributed by atoms with E-state index in [1.54, 1.807) is 36.4 Å². The summed E-state index contributed by atoms with van der Waals surface area (Å²) in [6, 6.07) is 11.2. The van der Waals surface area contributed by atoms with Crippen LogP contribution in [-0.4, -0.2) is 24.4 Å². The monoisotopic (exact) mass is 408 g/mol. The van der Waals surface area contributed by atoms with Gasteiger partial charge in [0.25, 0.3) is 0 Å². The molecule has 0 aliphatic heterocycles. The van der Waals surface area contributed by atoms with E-state index in [0.29, 0.717) is 28.0 Å². The normalized spacial score (nSPS) is 10.0. The van der Waals surface area contributed by atoms with Crippen LogP contribution in [-0.2, 0) is 16.1 Å². The molecule has 7 nitrogen and oxygen atoms in total. The predicted octanol–water partition coefficient (Wildman–Crippen LogP) is 3.39. The molecule has 4 amide bonds. The molecule has 0 unspecified atom stereocenters. The molecule has 9 heteroatoms. The maximum atomic E-state index is 12.1. The lowest BCUT2D eigenvalue weighted by molar-refractivity contribution is -0.115. The van der Waals surface area contributed by atoms with E-state index < -0.39 is 11.9 Å². The highest BCUT2D eigenvalue weighted by Crippen LogP contribution is 2.25. The Morgan fingerprint density at radius 1 is 0.852 bits per heavy atom. The van der Waals surface area contributed by atoms with Crippen molar-refractivity contribution in [3.05, 3.63) is 58.1 Å². The van der Waals surface area contributed by atoms with Crippen molar-refractivity contribution in [2.45, 2.75) is 13.5 Å². The molecule has 0 radical (unpaired) electrons. The Bertz CT molecular complexity index is 841. The standard InChI is InChI=1S/C18H18Cl2N4O3/c1-11(25)23-15-7-6-14(20)8-16(15)24-17(26)10-22-18(27)21-9-12-2-4-13(19)5-3-12/h2-8H,9-10H2,1H3,(H,23,25)(H,24,26)(H2,21,22,27). The molecule has 2 rings (SSSR count). The van der Waals surface area contributed by atoms with Crippen molar-refractivity contribution in [1.82, 2.24) is 10.6 Å². The summed E-state index contributed by atoms with van der Waals surface area (Å²) in [5, 5.41) is 11.3. The van der Waals surface area contributed by atoms with Crippen LogP contribution in [0.15, 0.2) is 42.5 Å². The Labute approximate surface area is 166 Å². The smallest absolute Gasteiger partial charge is 0.315 e. The maximum Gasteiger partial charge on any atom is 0.315 e. The topological polar surface area (TPSA) is 99.3 Å². The van der Waals surface area contributed by atoms with Gasteiger partial charge in [0, 0.05) is 23.5 Å². The summed E-state index contributed by atoms with van der Waals surface area (Å²) in [5.74, 6) is -0.752. The summed E-state index contributed by atoms with van der Waals surface area (Å²) in [6.45, 7) is 1.40. The molecule has 0 fully saturated rings. The third kappa shape index (κ3) is 7.16. The number of rotatable bonds is 6. The number of carbonyl (C=O) groups excluding carboxylic acids is 3. The van der Waals surface area contributed by atoms with Gasteiger partial charge >= 0.3 is 6.03 Å². The van der Waals surface area contributed by atoms with Crippen molar-refractivity contribution in [2.75, 3.05) is 17.2 Å². The molecular weight excluding hydrogens is 391 g/mol. The molecule has 0 bridgehead atoms. The minimum absolute atomic E-state index is 0.252. The number of hydrogen-bond acceptors (Lipinski definition) is 3. The van der Waals surface area contributed by atoms with E-state index in [1.807, 2.05) is 0 Å². The van der Waals surface area contributed by atoms with Crippen LogP contribution in [0.4, 0.5) is 16.2 Å². The molecule has 27 heavy (non-hydrogen) atoms. The van der Waals surface area contributed by atoms with Gasteiger partial charge in [-0.2, -0.15) is 0 Å². The lowest BCUT2D eigenvalue weighted by Gasteiger charge is -2.12. The zero-order valence-electron chi connectivity index (χ0n) is 14.4. The van der Waals surface area contributed by atoms with E-state index >= 15 is 0 Å². The Morgan fingerprint density at radius 3 is 2.19 bits per heavy atom. The van der Waals surface area contributed by atoms with E-state index in [9.17, 15) is 14.4 Å². The second kappa shape index (κ2) is 9.80. The van der Waals surface area contributed by atoms with Crippen molar-refractivity contribution >= 4 is 52.4 Å². The molecular formula is C18H18Cl2N4O3. The molecule has 0 aliphatic rings. The second-order valence-corrected chi connectivity index (χ2v) is 6.45. The largest absolute Gasteiger partial charge is 0.334 e. The maximum absolute atomic E-state index is 12.1. The molecule has 0 aliphatic carbocycles. The summed E-state index contributed by atoms with van der Waals surface area (Å²) >= 11 is 11.7. The zero-order chi connectivity index (χ0) is 19.8. The average molecular weight is 409 g/mol. The molecule has 142 valence electrons. The number of carbonyl (C=O) groups is 3. The lowest BCUT2D eigenvalue weighted by Crippen LogP contribution is -2.39. The lowest BCUT2D eigenvalue weighted by atomic mass is 10.2. The molecule has 0 aromatic heterocycles. The first-order valence-electron chi connectivity index (χ1n) is 7.96. The van der Waals surface area contributed by atoms with Crippen LogP contribution in [0.3, 0.4) is 0 Å². The molecule has 0 saturated heterocycles. The van der Waals surface area contributed by atoms with Gasteiger partial charge in [-0.1, -0.05) is 35.3 Å². The van der Waals surface area contributed by atoms with Gasteiger partial charge in [-0.05, 0) is 35.9 Å². The molecule has 0 heterocycles. The number of halogens is 2. The first-order chi connectivity index (χ1) is 12.8. The van der Waals surface area contributed by atoms with Gasteiger partial charge in [0.2, 0.25) is 11.8 Å².